The Kier molecular flexibility index (Phi) is 3.17. The highest BCUT2D eigenvalue weighted by atomic mass is 35.5. The summed E-state index contributed by atoms with van der Waals surface area (Å²) >= 11 is 5.78. The molecule has 0 saturated heterocycles. The number of ether oxygens (including phenoxy) is 1. The zero-order valence-corrected chi connectivity index (χ0v) is 9.15. The van der Waals surface area contributed by atoms with Crippen LogP contribution in [0.5, 0.6) is 11.6 Å². The second-order valence-electron chi connectivity index (χ2n) is 3.03. The molecule has 6 heteroatoms. The SMILES string of the molecule is N#Cc1ncc(Oc2ccc(F)cn2)cc1Cl. The Bertz CT molecular complexity index is 580. The van der Waals surface area contributed by atoms with E-state index in [1.807, 2.05) is 6.07 Å². The minimum absolute atomic E-state index is 0.117. The average molecular weight is 250 g/mol. The minimum atomic E-state index is -0.451. The third-order valence-corrected chi connectivity index (χ3v) is 2.13. The number of hydrogen-bond donors (Lipinski definition) is 0. The molecule has 84 valence electrons. The van der Waals surface area contributed by atoms with Gasteiger partial charge in [0.1, 0.15) is 17.6 Å². The van der Waals surface area contributed by atoms with Crippen LogP contribution in [0.4, 0.5) is 4.39 Å². The fourth-order valence-corrected chi connectivity index (χ4v) is 1.30. The highest BCUT2D eigenvalue weighted by Crippen LogP contribution is 2.23. The predicted molar refractivity (Wildman–Crippen MR) is 58.2 cm³/mol. The Labute approximate surface area is 101 Å². The molecule has 0 aliphatic heterocycles. The third kappa shape index (κ3) is 2.68. The van der Waals surface area contributed by atoms with Crippen LogP contribution in [-0.4, -0.2) is 9.97 Å². The molecule has 2 rings (SSSR count). The molecular formula is C11H5ClFN3O. The highest BCUT2D eigenvalue weighted by Gasteiger charge is 2.05. The van der Waals surface area contributed by atoms with E-state index >= 15 is 0 Å². The summed E-state index contributed by atoms with van der Waals surface area (Å²) in [5.74, 6) is 0.0930. The van der Waals surface area contributed by atoms with Gasteiger partial charge < -0.3 is 4.74 Å². The van der Waals surface area contributed by atoms with Crippen LogP contribution in [0.15, 0.2) is 30.6 Å². The largest absolute Gasteiger partial charge is 0.437 e. The number of hydrogen-bond acceptors (Lipinski definition) is 4. The quantitative estimate of drug-likeness (QED) is 0.821. The van der Waals surface area contributed by atoms with Crippen LogP contribution < -0.4 is 4.74 Å². The summed E-state index contributed by atoms with van der Waals surface area (Å²) < 4.78 is 17.9. The van der Waals surface area contributed by atoms with Gasteiger partial charge in [0.05, 0.1) is 17.4 Å². The molecule has 0 radical (unpaired) electrons. The van der Waals surface area contributed by atoms with Crippen LogP contribution in [0.2, 0.25) is 5.02 Å². The lowest BCUT2D eigenvalue weighted by molar-refractivity contribution is 0.457. The first kappa shape index (κ1) is 11.3. The second-order valence-corrected chi connectivity index (χ2v) is 3.44. The van der Waals surface area contributed by atoms with Gasteiger partial charge in [-0.1, -0.05) is 11.6 Å². The lowest BCUT2D eigenvalue weighted by Gasteiger charge is -2.04. The van der Waals surface area contributed by atoms with Crippen molar-refractivity contribution < 1.29 is 9.13 Å². The summed E-state index contributed by atoms with van der Waals surface area (Å²) in [6.07, 6.45) is 2.38. The van der Waals surface area contributed by atoms with E-state index in [0.29, 0.717) is 5.75 Å². The Balaban J connectivity index is 2.22. The number of rotatable bonds is 2. The van der Waals surface area contributed by atoms with Gasteiger partial charge in [-0.05, 0) is 6.07 Å². The smallest absolute Gasteiger partial charge is 0.219 e. The van der Waals surface area contributed by atoms with Gasteiger partial charge in [-0.25, -0.2) is 14.4 Å². The van der Waals surface area contributed by atoms with Crippen molar-refractivity contribution in [2.24, 2.45) is 0 Å². The summed E-state index contributed by atoms with van der Waals surface area (Å²) in [6, 6.07) is 5.87. The van der Waals surface area contributed by atoms with Gasteiger partial charge in [-0.3, -0.25) is 0 Å². The first-order valence-electron chi connectivity index (χ1n) is 4.54. The molecule has 0 saturated carbocycles. The normalized spacial score (nSPS) is 9.71. The van der Waals surface area contributed by atoms with Crippen molar-refractivity contribution in [2.45, 2.75) is 0 Å². The Morgan fingerprint density at radius 2 is 2.12 bits per heavy atom. The number of pyridine rings is 2. The van der Waals surface area contributed by atoms with Crippen molar-refractivity contribution in [2.75, 3.05) is 0 Å². The number of nitrogens with zero attached hydrogens (tertiary/aromatic N) is 3. The predicted octanol–water partition coefficient (Wildman–Crippen LogP) is 2.93. The van der Waals surface area contributed by atoms with E-state index in [2.05, 4.69) is 9.97 Å². The summed E-state index contributed by atoms with van der Waals surface area (Å²) in [5, 5.41) is 8.82. The monoisotopic (exact) mass is 249 g/mol. The molecule has 0 spiro atoms. The van der Waals surface area contributed by atoms with E-state index in [9.17, 15) is 4.39 Å². The zero-order chi connectivity index (χ0) is 12.3. The third-order valence-electron chi connectivity index (χ3n) is 1.84. The average Bonchev–Trinajstić information content (AvgIpc) is 2.32. The fraction of sp³-hybridized carbons (Fsp3) is 0. The van der Waals surface area contributed by atoms with Crippen molar-refractivity contribution in [1.82, 2.24) is 9.97 Å². The van der Waals surface area contributed by atoms with Crippen molar-refractivity contribution in [3.05, 3.63) is 47.1 Å². The van der Waals surface area contributed by atoms with Crippen molar-refractivity contribution in [1.29, 1.82) is 5.26 Å². The second kappa shape index (κ2) is 4.76. The standard InChI is InChI=1S/C11H5ClFN3O/c12-9-3-8(6-15-10(9)4-14)17-11-2-1-7(13)5-16-11/h1-3,5-6H. The maximum absolute atomic E-state index is 12.6. The molecule has 17 heavy (non-hydrogen) atoms. The molecule has 2 aromatic rings. The zero-order valence-electron chi connectivity index (χ0n) is 8.39. The molecule has 2 aromatic heterocycles. The van der Waals surface area contributed by atoms with Crippen LogP contribution in [0, 0.1) is 17.1 Å². The van der Waals surface area contributed by atoms with Crippen LogP contribution in [0.3, 0.4) is 0 Å². The molecule has 0 fully saturated rings. The van der Waals surface area contributed by atoms with E-state index in [1.165, 1.54) is 24.4 Å². The van der Waals surface area contributed by atoms with Crippen LogP contribution in [-0.2, 0) is 0 Å². The Morgan fingerprint density at radius 3 is 2.71 bits per heavy atom. The molecule has 0 aromatic carbocycles. The van der Waals surface area contributed by atoms with E-state index in [-0.39, 0.29) is 16.6 Å². The van der Waals surface area contributed by atoms with Gasteiger partial charge in [0.15, 0.2) is 5.69 Å². The number of aromatic nitrogens is 2. The van der Waals surface area contributed by atoms with Crippen LogP contribution >= 0.6 is 11.6 Å². The molecule has 0 N–H and O–H groups in total. The lowest BCUT2D eigenvalue weighted by atomic mass is 10.3. The highest BCUT2D eigenvalue weighted by molar-refractivity contribution is 6.31. The van der Waals surface area contributed by atoms with Gasteiger partial charge in [0, 0.05) is 12.1 Å². The molecular weight excluding hydrogens is 245 g/mol. The molecule has 0 aliphatic carbocycles. The molecule has 4 nitrogen and oxygen atoms in total. The lowest BCUT2D eigenvalue weighted by Crippen LogP contribution is -1.91. The molecule has 0 bridgehead atoms. The molecule has 0 unspecified atom stereocenters. The van der Waals surface area contributed by atoms with Gasteiger partial charge in [-0.2, -0.15) is 5.26 Å². The molecule has 2 heterocycles. The maximum atomic E-state index is 12.6. The van der Waals surface area contributed by atoms with E-state index in [4.69, 9.17) is 21.6 Å². The summed E-state index contributed by atoms with van der Waals surface area (Å²) in [6.45, 7) is 0. The Hall–Kier alpha value is -2.19. The van der Waals surface area contributed by atoms with Gasteiger partial charge in [0.25, 0.3) is 0 Å². The van der Waals surface area contributed by atoms with E-state index in [0.717, 1.165) is 6.20 Å². The van der Waals surface area contributed by atoms with Crippen molar-refractivity contribution in [3.63, 3.8) is 0 Å². The minimum Gasteiger partial charge on any atom is -0.437 e. The van der Waals surface area contributed by atoms with Gasteiger partial charge in [-0.15, -0.1) is 0 Å². The Morgan fingerprint density at radius 1 is 1.29 bits per heavy atom. The molecule has 0 amide bonds. The van der Waals surface area contributed by atoms with E-state index in [1.54, 1.807) is 0 Å². The fourth-order valence-electron chi connectivity index (χ4n) is 1.10. The first-order chi connectivity index (χ1) is 8.19. The summed E-state index contributed by atoms with van der Waals surface area (Å²) in [7, 11) is 0. The summed E-state index contributed by atoms with van der Waals surface area (Å²) in [4.78, 5) is 7.50. The summed E-state index contributed by atoms with van der Waals surface area (Å²) in [5.41, 5.74) is 0.117. The number of halogens is 2. The molecule has 0 aliphatic rings. The van der Waals surface area contributed by atoms with Gasteiger partial charge >= 0.3 is 0 Å². The van der Waals surface area contributed by atoms with Crippen molar-refractivity contribution in [3.8, 4) is 17.7 Å². The first-order valence-corrected chi connectivity index (χ1v) is 4.92. The van der Waals surface area contributed by atoms with E-state index < -0.39 is 5.82 Å². The topological polar surface area (TPSA) is 58.8 Å². The maximum Gasteiger partial charge on any atom is 0.219 e. The van der Waals surface area contributed by atoms with Crippen LogP contribution in [0.25, 0.3) is 0 Å². The van der Waals surface area contributed by atoms with Crippen molar-refractivity contribution >= 4 is 11.6 Å². The van der Waals surface area contributed by atoms with Gasteiger partial charge in [0.2, 0.25) is 5.88 Å². The van der Waals surface area contributed by atoms with Crippen LogP contribution in [0.1, 0.15) is 5.69 Å². The molecule has 0 atom stereocenters. The number of nitriles is 1.